The number of ketones is 1. The molecule has 0 aliphatic heterocycles. The molecule has 1 aliphatic carbocycles. The topological polar surface area (TPSA) is 63.6 Å². The molecule has 1 saturated carbocycles. The Labute approximate surface area is 133 Å². The first-order chi connectivity index (χ1) is 10.6. The molecule has 1 fully saturated rings. The number of allylic oxidation sites excluding steroid dienone is 1. The molecule has 1 aliphatic rings. The molecule has 1 N–H and O–H groups in total. The second-order valence-electron chi connectivity index (χ2n) is 6.07. The van der Waals surface area contributed by atoms with Gasteiger partial charge in [0.05, 0.1) is 12.7 Å². The van der Waals surface area contributed by atoms with Crippen LogP contribution in [-0.4, -0.2) is 29.6 Å². The minimum atomic E-state index is -0.423. The Bertz CT molecular complexity index is 375. The quantitative estimate of drug-likeness (QED) is 0.381. The maximum Gasteiger partial charge on any atom is 0.305 e. The summed E-state index contributed by atoms with van der Waals surface area (Å²) in [6, 6.07) is 0. The third-order valence-electron chi connectivity index (χ3n) is 4.30. The van der Waals surface area contributed by atoms with Crippen LogP contribution >= 0.6 is 0 Å². The number of carbonyl (C=O) groups is 2. The number of aliphatic hydroxyl groups is 1. The van der Waals surface area contributed by atoms with E-state index < -0.39 is 6.10 Å². The second-order valence-corrected chi connectivity index (χ2v) is 6.07. The molecular formula is C18H30O4. The molecule has 22 heavy (non-hydrogen) atoms. The summed E-state index contributed by atoms with van der Waals surface area (Å²) in [7, 11) is 0. The molecule has 0 saturated heterocycles. The number of aliphatic hydroxyl groups excluding tert-OH is 1. The predicted octanol–water partition coefficient (Wildman–Crippen LogP) is 3.42. The molecule has 0 aromatic carbocycles. The first-order valence-corrected chi connectivity index (χ1v) is 8.63. The minimum Gasteiger partial charge on any atom is -0.466 e. The summed E-state index contributed by atoms with van der Waals surface area (Å²) in [6.07, 6.45) is 9.72. The highest BCUT2D eigenvalue weighted by Gasteiger charge is 2.33. The number of unbranched alkanes of at least 4 members (excludes halogenated alkanes) is 2. The molecule has 4 nitrogen and oxygen atoms in total. The van der Waals surface area contributed by atoms with E-state index in [0.29, 0.717) is 25.9 Å². The van der Waals surface area contributed by atoms with E-state index in [2.05, 4.69) is 6.92 Å². The lowest BCUT2D eigenvalue weighted by Crippen LogP contribution is -2.16. The SMILES string of the molecule is CCCCCC(O)C=CC1CCC(=O)C1CCC(=O)OCC. The summed E-state index contributed by atoms with van der Waals surface area (Å²) in [5.41, 5.74) is 0. The van der Waals surface area contributed by atoms with Gasteiger partial charge in [-0.3, -0.25) is 9.59 Å². The first kappa shape index (κ1) is 18.9. The first-order valence-electron chi connectivity index (χ1n) is 8.63. The van der Waals surface area contributed by atoms with Gasteiger partial charge in [-0.15, -0.1) is 0 Å². The van der Waals surface area contributed by atoms with Gasteiger partial charge in [-0.05, 0) is 32.1 Å². The van der Waals surface area contributed by atoms with E-state index in [0.717, 1.165) is 32.1 Å². The molecule has 3 unspecified atom stereocenters. The monoisotopic (exact) mass is 310 g/mol. The Hall–Kier alpha value is -1.16. The van der Waals surface area contributed by atoms with Crippen LogP contribution in [-0.2, 0) is 14.3 Å². The highest BCUT2D eigenvalue weighted by molar-refractivity contribution is 5.84. The van der Waals surface area contributed by atoms with E-state index in [9.17, 15) is 14.7 Å². The van der Waals surface area contributed by atoms with Gasteiger partial charge in [0.15, 0.2) is 0 Å². The van der Waals surface area contributed by atoms with Crippen LogP contribution in [0.25, 0.3) is 0 Å². The summed E-state index contributed by atoms with van der Waals surface area (Å²) >= 11 is 0. The maximum absolute atomic E-state index is 12.0. The summed E-state index contributed by atoms with van der Waals surface area (Å²) < 4.78 is 4.92. The third-order valence-corrected chi connectivity index (χ3v) is 4.30. The summed E-state index contributed by atoms with van der Waals surface area (Å²) in [5.74, 6) is 0.0650. The van der Waals surface area contributed by atoms with E-state index in [1.165, 1.54) is 0 Å². The van der Waals surface area contributed by atoms with E-state index in [1.54, 1.807) is 6.92 Å². The Kier molecular flexibility index (Phi) is 9.05. The number of ether oxygens (including phenoxy) is 1. The van der Waals surface area contributed by atoms with Gasteiger partial charge in [-0.25, -0.2) is 0 Å². The average molecular weight is 310 g/mol. The van der Waals surface area contributed by atoms with Gasteiger partial charge in [-0.2, -0.15) is 0 Å². The van der Waals surface area contributed by atoms with Crippen LogP contribution in [0.5, 0.6) is 0 Å². The Morgan fingerprint density at radius 1 is 1.41 bits per heavy atom. The van der Waals surface area contributed by atoms with Crippen LogP contribution in [0.15, 0.2) is 12.2 Å². The van der Waals surface area contributed by atoms with Crippen molar-refractivity contribution in [1.82, 2.24) is 0 Å². The van der Waals surface area contributed by atoms with Crippen molar-refractivity contribution in [3.63, 3.8) is 0 Å². The lowest BCUT2D eigenvalue weighted by molar-refractivity contribution is -0.143. The number of Topliss-reactive ketones (excluding diaryl/α,β-unsaturated/α-hetero) is 1. The number of carbonyl (C=O) groups excluding carboxylic acids is 2. The predicted molar refractivity (Wildman–Crippen MR) is 86.4 cm³/mol. The van der Waals surface area contributed by atoms with Crippen molar-refractivity contribution in [2.75, 3.05) is 6.61 Å². The standard InChI is InChI=1S/C18H30O4/c1-3-5-6-7-15(19)10-8-14-9-12-17(20)16(14)11-13-18(21)22-4-2/h8,10,14-16,19H,3-7,9,11-13H2,1-2H3. The zero-order valence-electron chi connectivity index (χ0n) is 13.9. The van der Waals surface area contributed by atoms with Crippen LogP contribution in [0.3, 0.4) is 0 Å². The highest BCUT2D eigenvalue weighted by Crippen LogP contribution is 2.33. The van der Waals surface area contributed by atoms with Crippen LogP contribution < -0.4 is 0 Å². The number of hydrogen-bond acceptors (Lipinski definition) is 4. The van der Waals surface area contributed by atoms with Crippen LogP contribution in [0.2, 0.25) is 0 Å². The van der Waals surface area contributed by atoms with Gasteiger partial charge < -0.3 is 9.84 Å². The Balaban J connectivity index is 2.43. The van der Waals surface area contributed by atoms with Crippen molar-refractivity contribution in [3.05, 3.63) is 12.2 Å². The average Bonchev–Trinajstić information content (AvgIpc) is 2.84. The molecule has 0 aromatic heterocycles. The van der Waals surface area contributed by atoms with E-state index in [-0.39, 0.29) is 23.6 Å². The van der Waals surface area contributed by atoms with Crippen molar-refractivity contribution in [3.8, 4) is 0 Å². The second kappa shape index (κ2) is 10.5. The molecule has 0 spiro atoms. The van der Waals surface area contributed by atoms with Gasteiger partial charge >= 0.3 is 5.97 Å². The van der Waals surface area contributed by atoms with Crippen molar-refractivity contribution >= 4 is 11.8 Å². The molecule has 3 atom stereocenters. The third kappa shape index (κ3) is 6.73. The fourth-order valence-corrected chi connectivity index (χ4v) is 3.02. The Morgan fingerprint density at radius 3 is 2.86 bits per heavy atom. The van der Waals surface area contributed by atoms with E-state index >= 15 is 0 Å². The van der Waals surface area contributed by atoms with Gasteiger partial charge in [0.1, 0.15) is 5.78 Å². The molecule has 1 rings (SSSR count). The molecule has 0 heterocycles. The van der Waals surface area contributed by atoms with Gasteiger partial charge in [0, 0.05) is 18.8 Å². The van der Waals surface area contributed by atoms with E-state index in [4.69, 9.17) is 4.74 Å². The van der Waals surface area contributed by atoms with Crippen LogP contribution in [0, 0.1) is 11.8 Å². The highest BCUT2D eigenvalue weighted by atomic mass is 16.5. The number of esters is 1. The van der Waals surface area contributed by atoms with Crippen molar-refractivity contribution in [2.24, 2.45) is 11.8 Å². The number of rotatable bonds is 10. The fraction of sp³-hybridized carbons (Fsp3) is 0.778. The zero-order chi connectivity index (χ0) is 16.4. The Morgan fingerprint density at radius 2 is 2.18 bits per heavy atom. The molecule has 0 aromatic rings. The lowest BCUT2D eigenvalue weighted by atomic mass is 9.90. The van der Waals surface area contributed by atoms with Gasteiger partial charge in [0.2, 0.25) is 0 Å². The maximum atomic E-state index is 12.0. The fourth-order valence-electron chi connectivity index (χ4n) is 3.02. The minimum absolute atomic E-state index is 0.0940. The molecule has 0 amide bonds. The largest absolute Gasteiger partial charge is 0.466 e. The lowest BCUT2D eigenvalue weighted by Gasteiger charge is -2.15. The van der Waals surface area contributed by atoms with E-state index in [1.807, 2.05) is 12.2 Å². The molecular weight excluding hydrogens is 280 g/mol. The van der Waals surface area contributed by atoms with Crippen LogP contribution in [0.4, 0.5) is 0 Å². The number of hydrogen-bond donors (Lipinski definition) is 1. The summed E-state index contributed by atoms with van der Waals surface area (Å²) in [5, 5.41) is 9.93. The molecule has 0 radical (unpaired) electrons. The summed E-state index contributed by atoms with van der Waals surface area (Å²) in [6.45, 7) is 4.30. The molecule has 4 heteroatoms. The smallest absolute Gasteiger partial charge is 0.305 e. The molecule has 0 bridgehead atoms. The van der Waals surface area contributed by atoms with Gasteiger partial charge in [-0.1, -0.05) is 38.3 Å². The van der Waals surface area contributed by atoms with Gasteiger partial charge in [0.25, 0.3) is 0 Å². The normalized spacial score (nSPS) is 23.1. The van der Waals surface area contributed by atoms with Crippen LogP contribution in [0.1, 0.15) is 65.2 Å². The van der Waals surface area contributed by atoms with Crippen molar-refractivity contribution in [1.29, 1.82) is 0 Å². The molecule has 126 valence electrons. The van der Waals surface area contributed by atoms with Crippen molar-refractivity contribution < 1.29 is 19.4 Å². The summed E-state index contributed by atoms with van der Waals surface area (Å²) in [4.78, 5) is 23.4. The van der Waals surface area contributed by atoms with Crippen molar-refractivity contribution in [2.45, 2.75) is 71.3 Å². The zero-order valence-corrected chi connectivity index (χ0v) is 13.9.